The fourth-order valence-electron chi connectivity index (χ4n) is 3.01. The molecule has 1 saturated heterocycles. The molecule has 2 heterocycles. The van der Waals surface area contributed by atoms with Gasteiger partial charge in [-0.15, -0.1) is 0 Å². The lowest BCUT2D eigenvalue weighted by atomic mass is 10.1. The molecule has 152 valence electrons. The fraction of sp³-hybridized carbons (Fsp3) is 0.412. The number of thiophene rings is 1. The van der Waals surface area contributed by atoms with E-state index in [0.29, 0.717) is 37.2 Å². The average molecular weight is 429 g/mol. The predicted molar refractivity (Wildman–Crippen MR) is 105 cm³/mol. The monoisotopic (exact) mass is 429 g/mol. The highest BCUT2D eigenvalue weighted by Crippen LogP contribution is 2.37. The number of anilines is 2. The number of piperidine rings is 1. The molecule has 0 aliphatic carbocycles. The molecule has 2 N–H and O–H groups in total. The predicted octanol–water partition coefficient (Wildman–Crippen LogP) is 2.77. The van der Waals surface area contributed by atoms with E-state index in [1.165, 1.54) is 6.07 Å². The summed E-state index contributed by atoms with van der Waals surface area (Å²) in [4.78, 5) is 12.4. The molecule has 0 saturated carbocycles. The van der Waals surface area contributed by atoms with Crippen molar-refractivity contribution in [3.63, 3.8) is 0 Å². The number of nitrogens with one attached hydrogen (secondary N) is 1. The molecule has 1 aromatic carbocycles. The van der Waals surface area contributed by atoms with Gasteiger partial charge in [-0.3, -0.25) is 10.1 Å². The number of hydrogen-bond donors (Lipinski definition) is 2. The highest BCUT2D eigenvalue weighted by atomic mass is 32.2. The Balaban J connectivity index is 1.74. The van der Waals surface area contributed by atoms with Gasteiger partial charge in [0.05, 0.1) is 16.7 Å². The highest BCUT2D eigenvalue weighted by molar-refractivity contribution is 7.92. The molecular formula is C17H20FN3O5S2. The zero-order valence-electron chi connectivity index (χ0n) is 15.1. The van der Waals surface area contributed by atoms with Crippen LogP contribution >= 0.6 is 11.3 Å². The lowest BCUT2D eigenvalue weighted by Crippen LogP contribution is -2.36. The van der Waals surface area contributed by atoms with E-state index in [0.717, 1.165) is 23.7 Å². The van der Waals surface area contributed by atoms with E-state index in [1.54, 1.807) is 12.1 Å². The topological polar surface area (TPSA) is 113 Å². The summed E-state index contributed by atoms with van der Waals surface area (Å²) in [5.41, 5.74) is 0.702. The summed E-state index contributed by atoms with van der Waals surface area (Å²) in [6, 6.07) is 5.74. The lowest BCUT2D eigenvalue weighted by Gasteiger charge is -2.31. The number of halogens is 1. The molecule has 0 amide bonds. The van der Waals surface area contributed by atoms with Crippen LogP contribution in [0.4, 0.5) is 20.8 Å². The summed E-state index contributed by atoms with van der Waals surface area (Å²) in [6.45, 7) is 1.26. The number of nitrogens with zero attached hydrogens (tertiary/aromatic N) is 2. The first kappa shape index (κ1) is 20.5. The van der Waals surface area contributed by atoms with E-state index in [-0.39, 0.29) is 27.5 Å². The molecule has 8 nitrogen and oxygen atoms in total. The molecule has 1 aliphatic heterocycles. The first-order chi connectivity index (χ1) is 13.1. The molecule has 11 heteroatoms. The van der Waals surface area contributed by atoms with Crippen molar-refractivity contribution in [2.75, 3.05) is 29.6 Å². The van der Waals surface area contributed by atoms with Gasteiger partial charge in [-0.2, -0.15) is 0 Å². The zero-order chi connectivity index (χ0) is 20.5. The van der Waals surface area contributed by atoms with Crippen molar-refractivity contribution in [3.05, 3.63) is 45.8 Å². The van der Waals surface area contributed by atoms with Crippen molar-refractivity contribution in [1.82, 2.24) is 0 Å². The van der Waals surface area contributed by atoms with Crippen LogP contribution in [0.5, 0.6) is 0 Å². The minimum absolute atomic E-state index is 0.101. The minimum atomic E-state index is -3.56. The molecule has 0 radical (unpaired) electrons. The second-order valence-electron chi connectivity index (χ2n) is 6.67. The molecule has 2 aromatic rings. The largest absolute Gasteiger partial charge is 0.393 e. The maximum Gasteiger partial charge on any atom is 0.304 e. The molecule has 1 aliphatic rings. The van der Waals surface area contributed by atoms with E-state index < -0.39 is 20.6 Å². The van der Waals surface area contributed by atoms with Gasteiger partial charge in [-0.25, -0.2) is 12.8 Å². The molecule has 3 rings (SSSR count). The SMILES string of the molecule is CS(=O)(=O)c1cc([N+](=O)[O-])c(NCc2ccc(N3CCC(O)CC3)c(F)c2)s1. The quantitative estimate of drug-likeness (QED) is 0.536. The summed E-state index contributed by atoms with van der Waals surface area (Å²) in [5.74, 6) is -0.409. The number of rotatable bonds is 6. The summed E-state index contributed by atoms with van der Waals surface area (Å²) < 4.78 is 37.7. The summed E-state index contributed by atoms with van der Waals surface area (Å²) >= 11 is 0.778. The van der Waals surface area contributed by atoms with Crippen molar-refractivity contribution >= 4 is 37.5 Å². The maximum absolute atomic E-state index is 14.5. The number of aliphatic hydroxyl groups is 1. The van der Waals surface area contributed by atoms with Crippen LogP contribution in [0.3, 0.4) is 0 Å². The third kappa shape index (κ3) is 4.59. The lowest BCUT2D eigenvalue weighted by molar-refractivity contribution is -0.383. The molecule has 0 bridgehead atoms. The smallest absolute Gasteiger partial charge is 0.304 e. The number of aliphatic hydroxyl groups excluding tert-OH is 1. The Morgan fingerprint density at radius 2 is 2.04 bits per heavy atom. The number of sulfone groups is 1. The summed E-state index contributed by atoms with van der Waals surface area (Å²) in [5, 5.41) is 23.7. The minimum Gasteiger partial charge on any atom is -0.393 e. The van der Waals surface area contributed by atoms with Crippen LogP contribution in [0, 0.1) is 15.9 Å². The molecule has 1 fully saturated rings. The summed E-state index contributed by atoms with van der Waals surface area (Å²) in [7, 11) is -3.56. The zero-order valence-corrected chi connectivity index (χ0v) is 16.7. The number of hydrogen-bond acceptors (Lipinski definition) is 8. The molecular weight excluding hydrogens is 409 g/mol. The van der Waals surface area contributed by atoms with Crippen LogP contribution in [0.25, 0.3) is 0 Å². The molecule has 28 heavy (non-hydrogen) atoms. The van der Waals surface area contributed by atoms with Crippen molar-refractivity contribution in [1.29, 1.82) is 0 Å². The van der Waals surface area contributed by atoms with Gasteiger partial charge in [0.1, 0.15) is 10.0 Å². The van der Waals surface area contributed by atoms with Crippen LogP contribution in [0.15, 0.2) is 28.5 Å². The van der Waals surface area contributed by atoms with Crippen molar-refractivity contribution in [2.24, 2.45) is 0 Å². The van der Waals surface area contributed by atoms with Gasteiger partial charge < -0.3 is 15.3 Å². The molecule has 1 aromatic heterocycles. The second-order valence-corrected chi connectivity index (χ2v) is 9.96. The first-order valence-corrected chi connectivity index (χ1v) is 11.3. The van der Waals surface area contributed by atoms with Gasteiger partial charge in [0.25, 0.3) is 0 Å². The third-order valence-corrected chi connectivity index (χ3v) is 7.41. The van der Waals surface area contributed by atoms with Crippen LogP contribution in [-0.2, 0) is 16.4 Å². The molecule has 0 spiro atoms. The van der Waals surface area contributed by atoms with E-state index in [9.17, 15) is 28.0 Å². The van der Waals surface area contributed by atoms with Gasteiger partial charge in [-0.05, 0) is 30.5 Å². The Labute approximate surface area is 165 Å². The third-order valence-electron chi connectivity index (χ3n) is 4.52. The van der Waals surface area contributed by atoms with E-state index in [1.807, 2.05) is 4.90 Å². The Bertz CT molecular complexity index is 985. The van der Waals surface area contributed by atoms with Crippen molar-refractivity contribution in [2.45, 2.75) is 29.7 Å². The van der Waals surface area contributed by atoms with Crippen LogP contribution in [-0.4, -0.2) is 43.9 Å². The molecule has 0 unspecified atom stereocenters. The number of nitro groups is 1. The Morgan fingerprint density at radius 3 is 2.61 bits per heavy atom. The van der Waals surface area contributed by atoms with Gasteiger partial charge >= 0.3 is 5.69 Å². The van der Waals surface area contributed by atoms with E-state index >= 15 is 0 Å². The van der Waals surface area contributed by atoms with Crippen LogP contribution < -0.4 is 10.2 Å². The maximum atomic E-state index is 14.5. The normalized spacial score (nSPS) is 15.6. The Morgan fingerprint density at radius 1 is 1.36 bits per heavy atom. The average Bonchev–Trinajstić information content (AvgIpc) is 3.06. The fourth-order valence-corrected chi connectivity index (χ4v) is 4.95. The van der Waals surface area contributed by atoms with Crippen LogP contribution in [0.2, 0.25) is 0 Å². The van der Waals surface area contributed by atoms with Gasteiger partial charge in [0.15, 0.2) is 14.8 Å². The molecule has 0 atom stereocenters. The standard InChI is InChI=1S/C17H20FN3O5S2/c1-28(25,26)16-9-15(21(23)24)17(27-16)19-10-11-2-3-14(13(18)8-11)20-6-4-12(22)5-7-20/h2-3,8-9,12,19,22H,4-7,10H2,1H3. The highest BCUT2D eigenvalue weighted by Gasteiger charge is 2.24. The van der Waals surface area contributed by atoms with Crippen LogP contribution in [0.1, 0.15) is 18.4 Å². The van der Waals surface area contributed by atoms with E-state index in [4.69, 9.17) is 0 Å². The van der Waals surface area contributed by atoms with Gasteiger partial charge in [0, 0.05) is 32.0 Å². The second kappa shape index (κ2) is 8.02. The van der Waals surface area contributed by atoms with Gasteiger partial charge in [-0.1, -0.05) is 17.4 Å². The summed E-state index contributed by atoms with van der Waals surface area (Å²) in [6.07, 6.45) is 1.82. The number of benzene rings is 1. The Hall–Kier alpha value is -2.24. The van der Waals surface area contributed by atoms with Gasteiger partial charge in [0.2, 0.25) is 0 Å². The van der Waals surface area contributed by atoms with Crippen molar-refractivity contribution < 1.29 is 22.8 Å². The van der Waals surface area contributed by atoms with Crippen molar-refractivity contribution in [3.8, 4) is 0 Å². The Kier molecular flexibility index (Phi) is 5.87. The first-order valence-electron chi connectivity index (χ1n) is 8.58. The van der Waals surface area contributed by atoms with E-state index in [2.05, 4.69) is 5.32 Å².